The molecule has 2 N–H and O–H groups in total. The normalized spacial score (nSPS) is 12.0. The Labute approximate surface area is 124 Å². The molecule has 1 atom stereocenters. The van der Waals surface area contributed by atoms with Crippen LogP contribution >= 0.6 is 0 Å². The number of aliphatic hydroxyl groups excluding tert-OH is 1. The van der Waals surface area contributed by atoms with Crippen LogP contribution in [0.4, 0.5) is 0 Å². The summed E-state index contributed by atoms with van der Waals surface area (Å²) >= 11 is 0. The smallest absolute Gasteiger partial charge is 0.335 e. The lowest BCUT2D eigenvalue weighted by atomic mass is 10.2. The molecule has 0 fully saturated rings. The fourth-order valence-corrected chi connectivity index (χ4v) is 1.62. The average molecular weight is 298 g/mol. The van der Waals surface area contributed by atoms with E-state index in [-0.39, 0.29) is 18.8 Å². The van der Waals surface area contributed by atoms with Crippen molar-refractivity contribution >= 4 is 5.97 Å². The van der Waals surface area contributed by atoms with E-state index >= 15 is 0 Å². The maximum absolute atomic E-state index is 10.9. The number of ether oxygens (including phenoxy) is 3. The van der Waals surface area contributed by atoms with Crippen molar-refractivity contribution in [1.29, 1.82) is 0 Å². The van der Waals surface area contributed by atoms with Gasteiger partial charge in [0, 0.05) is 6.61 Å². The number of hydrogen-bond acceptors (Lipinski definition) is 5. The molecule has 1 unspecified atom stereocenters. The third-order valence-electron chi connectivity index (χ3n) is 2.79. The molecule has 0 aromatic heterocycles. The summed E-state index contributed by atoms with van der Waals surface area (Å²) in [5.41, 5.74) is 0.114. The summed E-state index contributed by atoms with van der Waals surface area (Å²) in [4.78, 5) is 10.9. The Kier molecular flexibility index (Phi) is 7.56. The number of carbonyl (C=O) groups is 1. The van der Waals surface area contributed by atoms with E-state index in [4.69, 9.17) is 19.3 Å². The van der Waals surface area contributed by atoms with Crippen molar-refractivity contribution in [2.75, 3.05) is 26.9 Å². The van der Waals surface area contributed by atoms with E-state index in [2.05, 4.69) is 6.92 Å². The molecular weight excluding hydrogens is 276 g/mol. The molecule has 1 aromatic rings. The first-order chi connectivity index (χ1) is 10.1. The Morgan fingerprint density at radius 1 is 1.29 bits per heavy atom. The van der Waals surface area contributed by atoms with Gasteiger partial charge in [-0.15, -0.1) is 0 Å². The van der Waals surface area contributed by atoms with E-state index < -0.39 is 12.1 Å². The van der Waals surface area contributed by atoms with Gasteiger partial charge in [0.25, 0.3) is 0 Å². The van der Waals surface area contributed by atoms with Crippen molar-refractivity contribution in [3.63, 3.8) is 0 Å². The van der Waals surface area contributed by atoms with Crippen molar-refractivity contribution in [3.05, 3.63) is 23.8 Å². The van der Waals surface area contributed by atoms with Crippen molar-refractivity contribution in [2.45, 2.75) is 25.9 Å². The Bertz CT molecular complexity index is 446. The van der Waals surface area contributed by atoms with Crippen molar-refractivity contribution in [3.8, 4) is 11.5 Å². The van der Waals surface area contributed by atoms with Crippen LogP contribution in [0.3, 0.4) is 0 Å². The highest BCUT2D eigenvalue weighted by Gasteiger charge is 2.12. The number of carboxylic acid groups (broad SMARTS) is 1. The minimum Gasteiger partial charge on any atom is -0.493 e. The van der Waals surface area contributed by atoms with E-state index in [1.165, 1.54) is 25.3 Å². The van der Waals surface area contributed by atoms with Gasteiger partial charge in [-0.3, -0.25) is 0 Å². The number of rotatable bonds is 10. The van der Waals surface area contributed by atoms with Crippen LogP contribution in [0.5, 0.6) is 11.5 Å². The molecule has 21 heavy (non-hydrogen) atoms. The first kappa shape index (κ1) is 17.3. The van der Waals surface area contributed by atoms with Gasteiger partial charge in [-0.1, -0.05) is 13.3 Å². The molecule has 0 saturated heterocycles. The van der Waals surface area contributed by atoms with Crippen molar-refractivity contribution in [2.24, 2.45) is 0 Å². The quantitative estimate of drug-likeness (QED) is 0.642. The lowest BCUT2D eigenvalue weighted by Crippen LogP contribution is -2.23. The summed E-state index contributed by atoms with van der Waals surface area (Å²) in [6.07, 6.45) is 1.25. The molecule has 0 radical (unpaired) electrons. The topological polar surface area (TPSA) is 85.2 Å². The Morgan fingerprint density at radius 3 is 2.67 bits per heavy atom. The molecular formula is C15H22O6. The van der Waals surface area contributed by atoms with Gasteiger partial charge in [-0.25, -0.2) is 4.79 Å². The highest BCUT2D eigenvalue weighted by molar-refractivity contribution is 5.88. The Balaban J connectivity index is 2.49. The van der Waals surface area contributed by atoms with Crippen molar-refractivity contribution in [1.82, 2.24) is 0 Å². The molecule has 6 heteroatoms. The maximum atomic E-state index is 10.9. The molecule has 0 aliphatic carbocycles. The van der Waals surface area contributed by atoms with Gasteiger partial charge >= 0.3 is 5.97 Å². The standard InChI is InChI=1S/C15H22O6/c1-3-4-7-20-9-12(16)10-21-13-6-5-11(15(17)18)8-14(13)19-2/h5-6,8,12,16H,3-4,7,9-10H2,1-2H3,(H,17,18). The van der Waals surface area contributed by atoms with Crippen LogP contribution < -0.4 is 9.47 Å². The zero-order valence-electron chi connectivity index (χ0n) is 12.4. The fraction of sp³-hybridized carbons (Fsp3) is 0.533. The predicted molar refractivity (Wildman–Crippen MR) is 77.2 cm³/mol. The van der Waals surface area contributed by atoms with Crippen LogP contribution in [0, 0.1) is 0 Å². The second-order valence-electron chi connectivity index (χ2n) is 4.56. The van der Waals surface area contributed by atoms with Gasteiger partial charge in [-0.2, -0.15) is 0 Å². The summed E-state index contributed by atoms with van der Waals surface area (Å²) in [5, 5.41) is 18.6. The highest BCUT2D eigenvalue weighted by atomic mass is 16.5. The molecule has 0 heterocycles. The van der Waals surface area contributed by atoms with E-state index in [1.807, 2.05) is 0 Å². The second kappa shape index (κ2) is 9.20. The second-order valence-corrected chi connectivity index (χ2v) is 4.56. The Hall–Kier alpha value is -1.79. The number of methoxy groups -OCH3 is 1. The van der Waals surface area contributed by atoms with Gasteiger partial charge in [-0.05, 0) is 24.6 Å². The molecule has 0 aliphatic heterocycles. The molecule has 0 amide bonds. The van der Waals surface area contributed by atoms with Gasteiger partial charge in [0.15, 0.2) is 11.5 Å². The molecule has 1 rings (SSSR count). The van der Waals surface area contributed by atoms with E-state index in [0.717, 1.165) is 12.8 Å². The lowest BCUT2D eigenvalue weighted by molar-refractivity contribution is 0.0108. The van der Waals surface area contributed by atoms with Crippen LogP contribution in [0.25, 0.3) is 0 Å². The third kappa shape index (κ3) is 6.01. The minimum atomic E-state index is -1.04. The average Bonchev–Trinajstić information content (AvgIpc) is 2.49. The number of carboxylic acids is 1. The number of aromatic carboxylic acids is 1. The van der Waals surface area contributed by atoms with Crippen LogP contribution in [-0.4, -0.2) is 49.2 Å². The molecule has 0 aliphatic rings. The number of benzene rings is 1. The van der Waals surface area contributed by atoms with Crippen LogP contribution in [0.1, 0.15) is 30.1 Å². The van der Waals surface area contributed by atoms with E-state index in [0.29, 0.717) is 18.1 Å². The largest absolute Gasteiger partial charge is 0.493 e. The zero-order valence-corrected chi connectivity index (χ0v) is 12.4. The molecule has 0 spiro atoms. The lowest BCUT2D eigenvalue weighted by Gasteiger charge is -2.15. The summed E-state index contributed by atoms with van der Waals surface area (Å²) in [6.45, 7) is 2.94. The zero-order chi connectivity index (χ0) is 15.7. The van der Waals surface area contributed by atoms with Crippen LogP contribution in [0.15, 0.2) is 18.2 Å². The number of hydrogen-bond donors (Lipinski definition) is 2. The third-order valence-corrected chi connectivity index (χ3v) is 2.79. The summed E-state index contributed by atoms with van der Waals surface area (Å²) in [5.74, 6) is -0.340. The van der Waals surface area contributed by atoms with Crippen LogP contribution in [-0.2, 0) is 4.74 Å². The minimum absolute atomic E-state index is 0.0505. The van der Waals surface area contributed by atoms with E-state index in [9.17, 15) is 9.90 Å². The maximum Gasteiger partial charge on any atom is 0.335 e. The molecule has 118 valence electrons. The molecule has 1 aromatic carbocycles. The van der Waals surface area contributed by atoms with Gasteiger partial charge in [0.1, 0.15) is 12.7 Å². The number of aliphatic hydroxyl groups is 1. The molecule has 0 saturated carbocycles. The SMILES string of the molecule is CCCCOCC(O)COc1ccc(C(=O)O)cc1OC. The Morgan fingerprint density at radius 2 is 2.05 bits per heavy atom. The number of unbranched alkanes of at least 4 members (excludes halogenated alkanes) is 1. The van der Waals surface area contributed by atoms with Gasteiger partial charge in [0.05, 0.1) is 19.3 Å². The van der Waals surface area contributed by atoms with Gasteiger partial charge in [0.2, 0.25) is 0 Å². The summed E-state index contributed by atoms with van der Waals surface area (Å²) in [7, 11) is 1.43. The summed E-state index contributed by atoms with van der Waals surface area (Å²) in [6, 6.07) is 4.30. The van der Waals surface area contributed by atoms with E-state index in [1.54, 1.807) is 0 Å². The monoisotopic (exact) mass is 298 g/mol. The highest BCUT2D eigenvalue weighted by Crippen LogP contribution is 2.28. The molecule has 0 bridgehead atoms. The summed E-state index contributed by atoms with van der Waals surface area (Å²) < 4.78 is 15.8. The predicted octanol–water partition coefficient (Wildman–Crippen LogP) is 1.95. The van der Waals surface area contributed by atoms with Crippen LogP contribution in [0.2, 0.25) is 0 Å². The molecule has 6 nitrogen and oxygen atoms in total. The van der Waals surface area contributed by atoms with Crippen molar-refractivity contribution < 1.29 is 29.2 Å². The first-order valence-electron chi connectivity index (χ1n) is 6.88. The first-order valence-corrected chi connectivity index (χ1v) is 6.88. The van der Waals surface area contributed by atoms with Gasteiger partial charge < -0.3 is 24.4 Å². The fourth-order valence-electron chi connectivity index (χ4n) is 1.62.